The van der Waals surface area contributed by atoms with Crippen molar-refractivity contribution in [3.8, 4) is 5.75 Å². The van der Waals surface area contributed by atoms with Crippen LogP contribution < -0.4 is 4.74 Å². The van der Waals surface area contributed by atoms with E-state index in [-0.39, 0.29) is 0 Å². The summed E-state index contributed by atoms with van der Waals surface area (Å²) < 4.78 is 83.1. The maximum Gasteiger partial charge on any atom is 0.253 e. The third-order valence-corrected chi connectivity index (χ3v) is 2.26. The van der Waals surface area contributed by atoms with Gasteiger partial charge < -0.3 is 4.74 Å². The number of nitrogens with zero attached hydrogens (tertiary/aromatic N) is 1. The quantitative estimate of drug-likeness (QED) is 0.343. The molecule has 1 aromatic heterocycles. The molecular formula is C10H3F6NO. The summed E-state index contributed by atoms with van der Waals surface area (Å²) in [6.07, 6.45) is 0. The van der Waals surface area contributed by atoms with E-state index < -0.39 is 51.7 Å². The van der Waals surface area contributed by atoms with Gasteiger partial charge in [0.05, 0.1) is 12.5 Å². The maximum absolute atomic E-state index is 13.4. The predicted octanol–water partition coefficient (Wildman–Crippen LogP) is 3.08. The summed E-state index contributed by atoms with van der Waals surface area (Å²) in [7, 11) is 0.829. The van der Waals surface area contributed by atoms with Crippen molar-refractivity contribution in [3.05, 3.63) is 35.0 Å². The number of rotatable bonds is 1. The Morgan fingerprint density at radius 2 is 1.33 bits per heavy atom. The number of aromatic nitrogens is 1. The van der Waals surface area contributed by atoms with Crippen LogP contribution in [0.4, 0.5) is 26.3 Å². The van der Waals surface area contributed by atoms with E-state index in [4.69, 9.17) is 0 Å². The van der Waals surface area contributed by atoms with Crippen LogP contribution >= 0.6 is 0 Å². The van der Waals surface area contributed by atoms with Gasteiger partial charge in [-0.15, -0.1) is 0 Å². The van der Waals surface area contributed by atoms with E-state index in [1.54, 1.807) is 0 Å². The lowest BCUT2D eigenvalue weighted by Gasteiger charge is -2.09. The molecule has 2 rings (SSSR count). The predicted molar refractivity (Wildman–Crippen MR) is 48.0 cm³/mol. The van der Waals surface area contributed by atoms with Gasteiger partial charge in [-0.25, -0.2) is 22.5 Å². The van der Waals surface area contributed by atoms with Crippen LogP contribution in [-0.2, 0) is 0 Å². The maximum atomic E-state index is 13.4. The number of hydrogen-bond acceptors (Lipinski definition) is 2. The summed E-state index contributed by atoms with van der Waals surface area (Å²) in [5.41, 5.74) is -1.19. The topological polar surface area (TPSA) is 22.1 Å². The smallest absolute Gasteiger partial charge is 0.253 e. The molecule has 1 heterocycles. The molecule has 0 bridgehead atoms. The second-order valence-electron chi connectivity index (χ2n) is 3.23. The molecule has 0 amide bonds. The fourth-order valence-electron chi connectivity index (χ4n) is 1.47. The SMILES string of the molecule is COc1c(F)c(F)nc2c(F)c(F)c(F)c(F)c12. The number of pyridine rings is 1. The first-order valence-electron chi connectivity index (χ1n) is 4.44. The molecule has 2 nitrogen and oxygen atoms in total. The van der Waals surface area contributed by atoms with Gasteiger partial charge in [0.1, 0.15) is 5.52 Å². The lowest BCUT2D eigenvalue weighted by molar-refractivity contribution is 0.365. The molecule has 96 valence electrons. The first-order chi connectivity index (χ1) is 8.40. The fourth-order valence-corrected chi connectivity index (χ4v) is 1.47. The van der Waals surface area contributed by atoms with Crippen LogP contribution in [-0.4, -0.2) is 12.1 Å². The molecule has 1 aromatic carbocycles. The molecule has 0 aliphatic heterocycles. The minimum atomic E-state index is -2.17. The van der Waals surface area contributed by atoms with Crippen LogP contribution in [0.1, 0.15) is 0 Å². The van der Waals surface area contributed by atoms with E-state index in [1.165, 1.54) is 0 Å². The van der Waals surface area contributed by atoms with Crippen molar-refractivity contribution in [2.45, 2.75) is 0 Å². The van der Waals surface area contributed by atoms with Crippen molar-refractivity contribution >= 4 is 10.9 Å². The highest BCUT2D eigenvalue weighted by atomic mass is 19.2. The van der Waals surface area contributed by atoms with Crippen LogP contribution in [0.25, 0.3) is 10.9 Å². The molecule has 0 radical (unpaired) electrons. The summed E-state index contributed by atoms with van der Waals surface area (Å²) in [4.78, 5) is 2.70. The largest absolute Gasteiger partial charge is 0.493 e. The van der Waals surface area contributed by atoms with Gasteiger partial charge in [-0.3, -0.25) is 0 Å². The zero-order valence-electron chi connectivity index (χ0n) is 8.62. The third kappa shape index (κ3) is 1.48. The van der Waals surface area contributed by atoms with Gasteiger partial charge in [0.25, 0.3) is 5.95 Å². The highest BCUT2D eigenvalue weighted by molar-refractivity contribution is 5.86. The summed E-state index contributed by atoms with van der Waals surface area (Å²) >= 11 is 0. The Morgan fingerprint density at radius 3 is 1.89 bits per heavy atom. The van der Waals surface area contributed by atoms with Gasteiger partial charge in [0, 0.05) is 0 Å². The molecule has 8 heteroatoms. The highest BCUT2D eigenvalue weighted by Gasteiger charge is 2.27. The normalized spacial score (nSPS) is 11.1. The number of fused-ring (bicyclic) bond motifs is 1. The monoisotopic (exact) mass is 267 g/mol. The number of hydrogen-bond donors (Lipinski definition) is 0. The van der Waals surface area contributed by atoms with Gasteiger partial charge >= 0.3 is 0 Å². The molecule has 2 aromatic rings. The Labute approximate surface area is 95.8 Å². The van der Waals surface area contributed by atoms with Gasteiger partial charge in [-0.2, -0.15) is 8.78 Å². The third-order valence-electron chi connectivity index (χ3n) is 2.26. The fraction of sp³-hybridized carbons (Fsp3) is 0.100. The average molecular weight is 267 g/mol. The van der Waals surface area contributed by atoms with Gasteiger partial charge in [0.2, 0.25) is 5.82 Å². The number of ether oxygens (including phenoxy) is 1. The molecule has 0 saturated carbocycles. The summed E-state index contributed by atoms with van der Waals surface area (Å²) in [5, 5.41) is -1.10. The molecule has 0 saturated heterocycles. The highest BCUT2D eigenvalue weighted by Crippen LogP contribution is 2.34. The first-order valence-corrected chi connectivity index (χ1v) is 4.44. The second-order valence-corrected chi connectivity index (χ2v) is 3.23. The molecule has 0 aliphatic rings. The van der Waals surface area contributed by atoms with Gasteiger partial charge in [0.15, 0.2) is 29.0 Å². The summed E-state index contributed by atoms with van der Waals surface area (Å²) in [6.45, 7) is 0. The van der Waals surface area contributed by atoms with Crippen molar-refractivity contribution in [1.29, 1.82) is 0 Å². The first kappa shape index (κ1) is 12.5. The van der Waals surface area contributed by atoms with E-state index in [1.807, 2.05) is 0 Å². The molecule has 0 unspecified atom stereocenters. The summed E-state index contributed by atoms with van der Waals surface area (Å²) in [6, 6.07) is 0. The molecule has 0 aliphatic carbocycles. The van der Waals surface area contributed by atoms with Crippen LogP contribution in [0.3, 0.4) is 0 Å². The number of halogens is 6. The van der Waals surface area contributed by atoms with E-state index >= 15 is 0 Å². The Kier molecular flexibility index (Phi) is 2.80. The van der Waals surface area contributed by atoms with E-state index in [2.05, 4.69) is 9.72 Å². The molecule has 0 fully saturated rings. The number of benzene rings is 1. The molecular weight excluding hydrogens is 264 g/mol. The van der Waals surface area contributed by atoms with Crippen LogP contribution in [0.2, 0.25) is 0 Å². The average Bonchev–Trinajstić information content (AvgIpc) is 2.36. The van der Waals surface area contributed by atoms with E-state index in [0.29, 0.717) is 0 Å². The minimum Gasteiger partial charge on any atom is -0.493 e. The number of methoxy groups -OCH3 is 1. The zero-order valence-corrected chi connectivity index (χ0v) is 8.62. The van der Waals surface area contributed by atoms with Crippen LogP contribution in [0.5, 0.6) is 5.75 Å². The van der Waals surface area contributed by atoms with Crippen molar-refractivity contribution < 1.29 is 31.1 Å². The molecule has 18 heavy (non-hydrogen) atoms. The Hall–Kier alpha value is -1.99. The van der Waals surface area contributed by atoms with Gasteiger partial charge in [-0.05, 0) is 0 Å². The molecule has 0 atom stereocenters. The Morgan fingerprint density at radius 1 is 0.778 bits per heavy atom. The standard InChI is InChI=1S/C10H3F6NO/c1-18-9-2-3(11)4(12)5(13)6(14)8(2)17-10(16)7(9)15/h1H3. The van der Waals surface area contributed by atoms with Gasteiger partial charge in [-0.1, -0.05) is 0 Å². The van der Waals surface area contributed by atoms with Crippen molar-refractivity contribution in [2.75, 3.05) is 7.11 Å². The van der Waals surface area contributed by atoms with E-state index in [0.717, 1.165) is 7.11 Å². The molecule has 0 N–H and O–H groups in total. The van der Waals surface area contributed by atoms with Crippen molar-refractivity contribution in [2.24, 2.45) is 0 Å². The van der Waals surface area contributed by atoms with Crippen LogP contribution in [0.15, 0.2) is 0 Å². The second kappa shape index (κ2) is 4.04. The lowest BCUT2D eigenvalue weighted by Crippen LogP contribution is -2.05. The Bertz CT molecular complexity index is 657. The van der Waals surface area contributed by atoms with Crippen LogP contribution in [0, 0.1) is 35.0 Å². The van der Waals surface area contributed by atoms with E-state index in [9.17, 15) is 26.3 Å². The summed E-state index contributed by atoms with van der Waals surface area (Å²) in [5.74, 6) is -12.8. The Balaban J connectivity index is 3.11. The molecule has 0 spiro atoms. The minimum absolute atomic E-state index is 0.829. The van der Waals surface area contributed by atoms with Crippen molar-refractivity contribution in [3.63, 3.8) is 0 Å². The zero-order chi connectivity index (χ0) is 13.6. The lowest BCUT2D eigenvalue weighted by atomic mass is 10.1. The van der Waals surface area contributed by atoms with Crippen molar-refractivity contribution in [1.82, 2.24) is 4.98 Å².